The Bertz CT molecular complexity index is 755. The smallest absolute Gasteiger partial charge is 0.343 e. The largest absolute Gasteiger partial charge is 0.421 e. The molecule has 0 spiro atoms. The Labute approximate surface area is 143 Å². The lowest BCUT2D eigenvalue weighted by Gasteiger charge is -2.08. The first-order valence-electron chi connectivity index (χ1n) is 7.11. The van der Waals surface area contributed by atoms with Crippen LogP contribution >= 0.6 is 23.2 Å². The number of hydrogen-bond donors (Lipinski definition) is 1. The summed E-state index contributed by atoms with van der Waals surface area (Å²) in [7, 11) is 0. The fourth-order valence-electron chi connectivity index (χ4n) is 1.99. The topological polar surface area (TPSA) is 55.4 Å². The molecule has 1 saturated carbocycles. The molecule has 1 aliphatic carbocycles. The predicted octanol–water partition coefficient (Wildman–Crippen LogP) is 4.56. The van der Waals surface area contributed by atoms with Crippen LogP contribution < -0.4 is 10.1 Å². The van der Waals surface area contributed by atoms with Crippen LogP contribution in [-0.2, 0) is 4.79 Å². The van der Waals surface area contributed by atoms with Gasteiger partial charge in [0.1, 0.15) is 0 Å². The van der Waals surface area contributed by atoms with Gasteiger partial charge in [0.25, 0.3) is 0 Å². The van der Waals surface area contributed by atoms with Crippen LogP contribution in [-0.4, -0.2) is 11.9 Å². The van der Waals surface area contributed by atoms with Gasteiger partial charge in [0.15, 0.2) is 5.75 Å². The van der Waals surface area contributed by atoms with Crippen molar-refractivity contribution in [1.29, 1.82) is 0 Å². The van der Waals surface area contributed by atoms with E-state index >= 15 is 0 Å². The van der Waals surface area contributed by atoms with Crippen molar-refractivity contribution in [2.24, 2.45) is 5.92 Å². The standard InChI is InChI=1S/C17H13Cl2NO3/c18-12-5-8-14(19)15(9-12)23-17(22)11-3-6-13(7-4-11)20-16(21)10-1-2-10/h3-10H,1-2H2,(H,20,21). The molecule has 0 atom stereocenters. The maximum Gasteiger partial charge on any atom is 0.343 e. The van der Waals surface area contributed by atoms with E-state index in [9.17, 15) is 9.59 Å². The zero-order valence-corrected chi connectivity index (χ0v) is 13.5. The van der Waals surface area contributed by atoms with Gasteiger partial charge in [0.2, 0.25) is 5.91 Å². The second-order valence-electron chi connectivity index (χ2n) is 5.31. The predicted molar refractivity (Wildman–Crippen MR) is 89.2 cm³/mol. The number of benzene rings is 2. The van der Waals surface area contributed by atoms with Crippen LogP contribution in [0, 0.1) is 5.92 Å². The first kappa shape index (κ1) is 15.8. The van der Waals surface area contributed by atoms with Crippen LogP contribution in [0.4, 0.5) is 5.69 Å². The van der Waals surface area contributed by atoms with Crippen LogP contribution in [0.3, 0.4) is 0 Å². The van der Waals surface area contributed by atoms with Crippen LogP contribution in [0.15, 0.2) is 42.5 Å². The average molecular weight is 350 g/mol. The Morgan fingerprint density at radius 1 is 1.04 bits per heavy atom. The average Bonchev–Trinajstić information content (AvgIpc) is 3.36. The summed E-state index contributed by atoms with van der Waals surface area (Å²) in [6.07, 6.45) is 1.88. The van der Waals surface area contributed by atoms with E-state index in [1.54, 1.807) is 36.4 Å². The second kappa shape index (κ2) is 6.60. The van der Waals surface area contributed by atoms with E-state index in [1.807, 2.05) is 0 Å². The number of halogens is 2. The maximum absolute atomic E-state index is 12.1. The molecule has 0 bridgehead atoms. The van der Waals surface area contributed by atoms with Crippen molar-refractivity contribution in [1.82, 2.24) is 0 Å². The third-order valence-corrected chi connectivity index (χ3v) is 3.98. The van der Waals surface area contributed by atoms with Crippen LogP contribution in [0.5, 0.6) is 5.75 Å². The maximum atomic E-state index is 12.1. The fraction of sp³-hybridized carbons (Fsp3) is 0.176. The van der Waals surface area contributed by atoms with Crippen molar-refractivity contribution in [3.63, 3.8) is 0 Å². The van der Waals surface area contributed by atoms with Crippen LogP contribution in [0.25, 0.3) is 0 Å². The monoisotopic (exact) mass is 349 g/mol. The van der Waals surface area contributed by atoms with Gasteiger partial charge in [-0.3, -0.25) is 4.79 Å². The third-order valence-electron chi connectivity index (χ3n) is 3.43. The van der Waals surface area contributed by atoms with Crippen molar-refractivity contribution in [3.8, 4) is 5.75 Å². The first-order valence-corrected chi connectivity index (χ1v) is 7.86. The number of nitrogens with one attached hydrogen (secondary N) is 1. The highest BCUT2D eigenvalue weighted by atomic mass is 35.5. The van der Waals surface area contributed by atoms with E-state index in [-0.39, 0.29) is 17.6 Å². The van der Waals surface area contributed by atoms with Crippen molar-refractivity contribution in [3.05, 3.63) is 58.1 Å². The minimum atomic E-state index is -0.547. The molecule has 1 N–H and O–H groups in total. The zero-order chi connectivity index (χ0) is 16.4. The summed E-state index contributed by atoms with van der Waals surface area (Å²) in [6, 6.07) is 11.1. The van der Waals surface area contributed by atoms with E-state index in [0.717, 1.165) is 12.8 Å². The van der Waals surface area contributed by atoms with Gasteiger partial charge in [-0.25, -0.2) is 4.79 Å². The van der Waals surface area contributed by atoms with Gasteiger partial charge in [0.05, 0.1) is 10.6 Å². The summed E-state index contributed by atoms with van der Waals surface area (Å²) >= 11 is 11.8. The number of anilines is 1. The van der Waals surface area contributed by atoms with Gasteiger partial charge < -0.3 is 10.1 Å². The first-order chi connectivity index (χ1) is 11.0. The summed E-state index contributed by atoms with van der Waals surface area (Å²) in [6.45, 7) is 0. The molecule has 1 fully saturated rings. The lowest BCUT2D eigenvalue weighted by molar-refractivity contribution is -0.117. The Hall–Kier alpha value is -2.04. The van der Waals surface area contributed by atoms with Crippen LogP contribution in [0.1, 0.15) is 23.2 Å². The van der Waals surface area contributed by atoms with Crippen molar-refractivity contribution in [2.75, 3.05) is 5.32 Å². The van der Waals surface area contributed by atoms with Crippen molar-refractivity contribution in [2.45, 2.75) is 12.8 Å². The van der Waals surface area contributed by atoms with Gasteiger partial charge in [0, 0.05) is 22.7 Å². The van der Waals surface area contributed by atoms with Gasteiger partial charge in [-0.15, -0.1) is 0 Å². The third kappa shape index (κ3) is 4.03. The normalized spacial score (nSPS) is 13.5. The fourth-order valence-corrected chi connectivity index (χ4v) is 2.31. The summed E-state index contributed by atoms with van der Waals surface area (Å²) in [5.41, 5.74) is 1.00. The Kier molecular flexibility index (Phi) is 4.55. The molecule has 0 aliphatic heterocycles. The highest BCUT2D eigenvalue weighted by Crippen LogP contribution is 2.30. The number of amides is 1. The zero-order valence-electron chi connectivity index (χ0n) is 12.0. The summed E-state index contributed by atoms with van der Waals surface area (Å²) < 4.78 is 5.24. The number of rotatable bonds is 4. The molecular weight excluding hydrogens is 337 g/mol. The van der Waals surface area contributed by atoms with Crippen molar-refractivity contribution >= 4 is 40.8 Å². The number of hydrogen-bond acceptors (Lipinski definition) is 3. The molecule has 23 heavy (non-hydrogen) atoms. The minimum absolute atomic E-state index is 0.0195. The van der Waals surface area contributed by atoms with E-state index in [2.05, 4.69) is 5.32 Å². The highest BCUT2D eigenvalue weighted by molar-refractivity contribution is 6.34. The molecule has 6 heteroatoms. The molecule has 1 aliphatic rings. The molecule has 2 aromatic carbocycles. The molecule has 118 valence electrons. The quantitative estimate of drug-likeness (QED) is 0.650. The van der Waals surface area contributed by atoms with E-state index in [0.29, 0.717) is 21.3 Å². The van der Waals surface area contributed by atoms with Gasteiger partial charge in [-0.2, -0.15) is 0 Å². The number of carbonyl (C=O) groups is 2. The molecular formula is C17H13Cl2NO3. The molecule has 2 aromatic rings. The molecule has 0 radical (unpaired) electrons. The second-order valence-corrected chi connectivity index (χ2v) is 6.15. The number of carbonyl (C=O) groups excluding carboxylic acids is 2. The van der Waals surface area contributed by atoms with Gasteiger partial charge in [-0.05, 0) is 49.2 Å². The van der Waals surface area contributed by atoms with Gasteiger partial charge in [-0.1, -0.05) is 23.2 Å². The Balaban J connectivity index is 1.67. The summed E-state index contributed by atoms with van der Waals surface area (Å²) in [4.78, 5) is 23.8. The molecule has 3 rings (SSSR count). The lowest BCUT2D eigenvalue weighted by Crippen LogP contribution is -2.13. The number of ether oxygens (including phenoxy) is 1. The lowest BCUT2D eigenvalue weighted by atomic mass is 10.2. The van der Waals surface area contributed by atoms with Crippen LogP contribution in [0.2, 0.25) is 10.0 Å². The van der Waals surface area contributed by atoms with Gasteiger partial charge >= 0.3 is 5.97 Å². The summed E-state index contributed by atoms with van der Waals surface area (Å²) in [5.74, 6) is -0.194. The molecule has 0 saturated heterocycles. The van der Waals surface area contributed by atoms with E-state index in [4.69, 9.17) is 27.9 Å². The molecule has 0 aromatic heterocycles. The molecule has 4 nitrogen and oxygen atoms in total. The molecule has 1 amide bonds. The highest BCUT2D eigenvalue weighted by Gasteiger charge is 2.29. The summed E-state index contributed by atoms with van der Waals surface area (Å²) in [5, 5.41) is 3.53. The SMILES string of the molecule is O=C(Oc1cc(Cl)ccc1Cl)c1ccc(NC(=O)C2CC2)cc1. The number of esters is 1. The molecule has 0 unspecified atom stereocenters. The van der Waals surface area contributed by atoms with E-state index < -0.39 is 5.97 Å². The minimum Gasteiger partial charge on any atom is -0.421 e. The van der Waals surface area contributed by atoms with Crippen molar-refractivity contribution < 1.29 is 14.3 Å². The molecule has 0 heterocycles. The Morgan fingerprint density at radius 3 is 2.39 bits per heavy atom. The van der Waals surface area contributed by atoms with E-state index in [1.165, 1.54) is 6.07 Å². The Morgan fingerprint density at radius 2 is 1.74 bits per heavy atom.